The van der Waals surface area contributed by atoms with Crippen molar-refractivity contribution in [3.05, 3.63) is 60.8 Å². The molecule has 4 rings (SSSR count). The molecule has 0 spiro atoms. The number of hydrogen-bond acceptors (Lipinski definition) is 8. The lowest BCUT2D eigenvalue weighted by Gasteiger charge is -2.28. The first-order chi connectivity index (χ1) is 16.5. The lowest BCUT2D eigenvalue weighted by molar-refractivity contribution is -0.123. The van der Waals surface area contributed by atoms with Gasteiger partial charge in [0.2, 0.25) is 17.8 Å². The zero-order valence-corrected chi connectivity index (χ0v) is 18.6. The van der Waals surface area contributed by atoms with E-state index in [1.54, 1.807) is 18.3 Å². The molecule has 0 saturated carbocycles. The fourth-order valence-electron chi connectivity index (χ4n) is 3.52. The molecule has 2 amide bonds. The number of rotatable bonds is 8. The van der Waals surface area contributed by atoms with Crippen molar-refractivity contribution in [2.75, 3.05) is 41.8 Å². The number of amides is 2. The summed E-state index contributed by atoms with van der Waals surface area (Å²) < 4.78 is 5.41. The molecule has 1 aromatic heterocycles. The SMILES string of the molecule is NC(=O)[C@H](N)CC(=O)Nc1ccc(-c2ccnc(Nc3ccc(N4CCOCC4)cc3)n2)cc1. The summed E-state index contributed by atoms with van der Waals surface area (Å²) in [5.41, 5.74) is 14.8. The molecular formula is C24H27N7O3. The number of ether oxygens (including phenoxy) is 1. The molecule has 2 heterocycles. The van der Waals surface area contributed by atoms with Crippen LogP contribution < -0.4 is 27.0 Å². The van der Waals surface area contributed by atoms with Crippen molar-refractivity contribution in [2.24, 2.45) is 11.5 Å². The largest absolute Gasteiger partial charge is 0.378 e. The number of anilines is 4. The Morgan fingerprint density at radius 1 is 1.00 bits per heavy atom. The number of carbonyl (C=O) groups is 2. The minimum atomic E-state index is -1.01. The normalized spacial score (nSPS) is 14.3. The second-order valence-corrected chi connectivity index (χ2v) is 7.88. The quantitative estimate of drug-likeness (QED) is 0.397. The molecule has 1 fully saturated rings. The van der Waals surface area contributed by atoms with Gasteiger partial charge in [-0.3, -0.25) is 9.59 Å². The van der Waals surface area contributed by atoms with E-state index in [1.807, 2.05) is 30.3 Å². The van der Waals surface area contributed by atoms with E-state index in [2.05, 4.69) is 37.6 Å². The highest BCUT2D eigenvalue weighted by Crippen LogP contribution is 2.23. The number of aromatic nitrogens is 2. The Morgan fingerprint density at radius 3 is 2.35 bits per heavy atom. The van der Waals surface area contributed by atoms with Crippen LogP contribution in [0.15, 0.2) is 60.8 Å². The van der Waals surface area contributed by atoms with Crippen molar-refractivity contribution in [1.29, 1.82) is 0 Å². The van der Waals surface area contributed by atoms with Crippen LogP contribution in [0.1, 0.15) is 6.42 Å². The van der Waals surface area contributed by atoms with Crippen molar-refractivity contribution < 1.29 is 14.3 Å². The zero-order valence-electron chi connectivity index (χ0n) is 18.6. The van der Waals surface area contributed by atoms with Gasteiger partial charge in [-0.15, -0.1) is 0 Å². The van der Waals surface area contributed by atoms with Gasteiger partial charge in [0, 0.05) is 41.9 Å². The first kappa shape index (κ1) is 23.1. The lowest BCUT2D eigenvalue weighted by Crippen LogP contribution is -2.39. The molecule has 34 heavy (non-hydrogen) atoms. The monoisotopic (exact) mass is 461 g/mol. The van der Waals surface area contributed by atoms with Gasteiger partial charge < -0.3 is 31.7 Å². The number of morpholine rings is 1. The first-order valence-corrected chi connectivity index (χ1v) is 11.0. The van der Waals surface area contributed by atoms with E-state index < -0.39 is 11.9 Å². The highest BCUT2D eigenvalue weighted by atomic mass is 16.5. The van der Waals surface area contributed by atoms with Crippen molar-refractivity contribution in [1.82, 2.24) is 9.97 Å². The molecule has 1 atom stereocenters. The summed E-state index contributed by atoms with van der Waals surface area (Å²) in [5, 5.41) is 5.93. The fourth-order valence-corrected chi connectivity index (χ4v) is 3.52. The second kappa shape index (κ2) is 10.7. The van der Waals surface area contributed by atoms with Crippen LogP contribution in [0.25, 0.3) is 11.3 Å². The van der Waals surface area contributed by atoms with Gasteiger partial charge in [0.05, 0.1) is 31.4 Å². The van der Waals surface area contributed by atoms with Crippen LogP contribution in [0.5, 0.6) is 0 Å². The summed E-state index contributed by atoms with van der Waals surface area (Å²) in [5.74, 6) is -0.617. The molecule has 0 unspecified atom stereocenters. The summed E-state index contributed by atoms with van der Waals surface area (Å²) >= 11 is 0. The summed E-state index contributed by atoms with van der Waals surface area (Å²) in [6, 6.07) is 16.1. The highest BCUT2D eigenvalue weighted by Gasteiger charge is 2.15. The standard InChI is InChI=1S/C24H27N7O3/c25-20(23(26)33)15-22(32)28-17-3-1-16(2-4-17)21-9-10-27-24(30-21)29-18-5-7-19(8-6-18)31-11-13-34-14-12-31/h1-10,20H,11-15,25H2,(H2,26,33)(H,28,32)(H,27,29,30)/t20-/m1/s1. The zero-order chi connectivity index (χ0) is 23.9. The van der Waals surface area contributed by atoms with E-state index in [0.29, 0.717) is 11.6 Å². The lowest BCUT2D eigenvalue weighted by atomic mass is 10.1. The van der Waals surface area contributed by atoms with Crippen molar-refractivity contribution in [2.45, 2.75) is 12.5 Å². The topological polar surface area (TPSA) is 148 Å². The minimum Gasteiger partial charge on any atom is -0.378 e. The number of carbonyl (C=O) groups excluding carboxylic acids is 2. The van der Waals surface area contributed by atoms with Crippen LogP contribution in [0.4, 0.5) is 23.0 Å². The van der Waals surface area contributed by atoms with Gasteiger partial charge in [0.15, 0.2) is 0 Å². The first-order valence-electron chi connectivity index (χ1n) is 11.0. The molecule has 3 aromatic rings. The smallest absolute Gasteiger partial charge is 0.234 e. The van der Waals surface area contributed by atoms with Crippen LogP contribution in [0.2, 0.25) is 0 Å². The number of hydrogen-bond donors (Lipinski definition) is 4. The molecule has 176 valence electrons. The van der Waals surface area contributed by atoms with E-state index in [1.165, 1.54) is 0 Å². The third-order valence-electron chi connectivity index (χ3n) is 5.39. The maximum Gasteiger partial charge on any atom is 0.234 e. The number of nitrogens with one attached hydrogen (secondary N) is 2. The van der Waals surface area contributed by atoms with E-state index in [0.717, 1.165) is 48.9 Å². The third kappa shape index (κ3) is 6.06. The second-order valence-electron chi connectivity index (χ2n) is 7.88. The van der Waals surface area contributed by atoms with E-state index in [-0.39, 0.29) is 12.3 Å². The maximum absolute atomic E-state index is 12.0. The summed E-state index contributed by atoms with van der Waals surface area (Å²) in [4.78, 5) is 34.2. The Kier molecular flexibility index (Phi) is 7.31. The van der Waals surface area contributed by atoms with E-state index in [4.69, 9.17) is 16.2 Å². The summed E-state index contributed by atoms with van der Waals surface area (Å²) in [7, 11) is 0. The number of primary amides is 1. The predicted molar refractivity (Wildman–Crippen MR) is 131 cm³/mol. The average Bonchev–Trinajstić information content (AvgIpc) is 2.85. The van der Waals surface area contributed by atoms with E-state index in [9.17, 15) is 9.59 Å². The Bertz CT molecular complexity index is 1130. The van der Waals surface area contributed by atoms with Gasteiger partial charge in [-0.05, 0) is 42.5 Å². The molecule has 0 bridgehead atoms. The third-order valence-corrected chi connectivity index (χ3v) is 5.39. The van der Waals surface area contributed by atoms with Gasteiger partial charge >= 0.3 is 0 Å². The molecule has 10 heteroatoms. The Balaban J connectivity index is 1.38. The van der Waals surface area contributed by atoms with Crippen molar-refractivity contribution in [3.63, 3.8) is 0 Å². The van der Waals surface area contributed by atoms with Gasteiger partial charge in [0.25, 0.3) is 0 Å². The molecule has 0 radical (unpaired) electrons. The van der Waals surface area contributed by atoms with Gasteiger partial charge in [0.1, 0.15) is 0 Å². The van der Waals surface area contributed by atoms with Crippen molar-refractivity contribution in [3.8, 4) is 11.3 Å². The van der Waals surface area contributed by atoms with Gasteiger partial charge in [-0.1, -0.05) is 12.1 Å². The average molecular weight is 462 g/mol. The molecule has 2 aromatic carbocycles. The Morgan fingerprint density at radius 2 is 1.68 bits per heavy atom. The minimum absolute atomic E-state index is 0.175. The van der Waals surface area contributed by atoms with Crippen LogP contribution in [-0.2, 0) is 14.3 Å². The Hall–Kier alpha value is -4.02. The number of benzene rings is 2. The van der Waals surface area contributed by atoms with Crippen LogP contribution in [0, 0.1) is 0 Å². The fraction of sp³-hybridized carbons (Fsp3) is 0.250. The summed E-state index contributed by atoms with van der Waals surface area (Å²) in [6.45, 7) is 3.28. The summed E-state index contributed by atoms with van der Waals surface area (Å²) in [6.07, 6.45) is 1.51. The molecule has 1 aliphatic heterocycles. The van der Waals surface area contributed by atoms with Crippen molar-refractivity contribution >= 4 is 34.8 Å². The van der Waals surface area contributed by atoms with Crippen LogP contribution in [0.3, 0.4) is 0 Å². The van der Waals surface area contributed by atoms with Crippen LogP contribution >= 0.6 is 0 Å². The molecular weight excluding hydrogens is 434 g/mol. The van der Waals surface area contributed by atoms with Gasteiger partial charge in [-0.25, -0.2) is 9.97 Å². The molecule has 1 aliphatic rings. The number of nitrogens with two attached hydrogens (primary N) is 2. The number of nitrogens with zero attached hydrogens (tertiary/aromatic N) is 3. The Labute approximate surface area is 197 Å². The maximum atomic E-state index is 12.0. The predicted octanol–water partition coefficient (Wildman–Crippen LogP) is 1.86. The molecule has 6 N–H and O–H groups in total. The van der Waals surface area contributed by atoms with Gasteiger partial charge in [-0.2, -0.15) is 0 Å². The highest BCUT2D eigenvalue weighted by molar-refractivity contribution is 5.95. The van der Waals surface area contributed by atoms with E-state index >= 15 is 0 Å². The van der Waals surface area contributed by atoms with Crippen LogP contribution in [-0.4, -0.2) is 54.1 Å². The molecule has 0 aliphatic carbocycles. The molecule has 10 nitrogen and oxygen atoms in total. The molecule has 1 saturated heterocycles.